The number of H-pyrrole nitrogens is 1. The smallest absolute Gasteiger partial charge is 0.332 e. The molecular weight excluding hydrogens is 474 g/mol. The van der Waals surface area contributed by atoms with Crippen LogP contribution in [0.4, 0.5) is 5.69 Å². The standard InChI is InChI=1S/C24H21N3O5S2/c1-32-23-17(8-5-16-6-9-18(10-7-16)26-34(2,30)31)14-19(15-20(23)21-4-3-13-33-21)27-22(28)11-12-25-24(27)29/h3-15,26H,1-2H3,(H,25,29)/b8-5+. The second-order valence-electron chi connectivity index (χ2n) is 7.38. The summed E-state index contributed by atoms with van der Waals surface area (Å²) in [6, 6.07) is 15.5. The van der Waals surface area contributed by atoms with Crippen LogP contribution in [0, 0.1) is 0 Å². The molecule has 0 aliphatic carbocycles. The Hall–Kier alpha value is -3.89. The van der Waals surface area contributed by atoms with Crippen LogP contribution in [0.1, 0.15) is 11.1 Å². The predicted molar refractivity (Wildman–Crippen MR) is 136 cm³/mol. The first-order chi connectivity index (χ1) is 16.2. The Morgan fingerprint density at radius 1 is 1.06 bits per heavy atom. The van der Waals surface area contributed by atoms with Gasteiger partial charge in [0.05, 0.1) is 19.1 Å². The number of aromatic amines is 1. The summed E-state index contributed by atoms with van der Waals surface area (Å²) in [7, 11) is -1.79. The number of hydrogen-bond acceptors (Lipinski definition) is 6. The highest BCUT2D eigenvalue weighted by Gasteiger charge is 2.15. The molecule has 0 saturated carbocycles. The molecule has 4 rings (SSSR count). The molecular formula is C24H21N3O5S2. The van der Waals surface area contributed by atoms with E-state index in [1.54, 1.807) is 43.5 Å². The third-order valence-corrected chi connectivity index (χ3v) is 6.39. The molecule has 8 nitrogen and oxygen atoms in total. The minimum absolute atomic E-state index is 0.406. The average Bonchev–Trinajstić information content (AvgIpc) is 3.32. The van der Waals surface area contributed by atoms with Crippen molar-refractivity contribution in [2.75, 3.05) is 18.1 Å². The van der Waals surface area contributed by atoms with Gasteiger partial charge in [-0.25, -0.2) is 17.8 Å². The lowest BCUT2D eigenvalue weighted by Gasteiger charge is -2.14. The molecule has 174 valence electrons. The molecule has 2 heterocycles. The number of sulfonamides is 1. The second kappa shape index (κ2) is 9.54. The molecule has 2 aromatic heterocycles. The predicted octanol–water partition coefficient (Wildman–Crippen LogP) is 3.80. The Balaban J connectivity index is 1.82. The number of rotatable bonds is 7. The van der Waals surface area contributed by atoms with E-state index < -0.39 is 21.3 Å². The fourth-order valence-electron chi connectivity index (χ4n) is 3.46. The molecule has 0 radical (unpaired) electrons. The first-order valence-electron chi connectivity index (χ1n) is 10.1. The Labute approximate surface area is 199 Å². The van der Waals surface area contributed by atoms with Crippen molar-refractivity contribution in [2.24, 2.45) is 0 Å². The molecule has 0 amide bonds. The van der Waals surface area contributed by atoms with Crippen molar-refractivity contribution in [3.05, 3.63) is 98.1 Å². The molecule has 2 N–H and O–H groups in total. The van der Waals surface area contributed by atoms with Crippen molar-refractivity contribution in [3.8, 4) is 21.9 Å². The molecule has 0 aliphatic rings. The Kier molecular flexibility index (Phi) is 6.53. The molecule has 2 aromatic carbocycles. The number of aromatic nitrogens is 2. The lowest BCUT2D eigenvalue weighted by molar-refractivity contribution is 0.415. The summed E-state index contributed by atoms with van der Waals surface area (Å²) in [5.41, 5.74) is 2.10. The minimum Gasteiger partial charge on any atom is -0.495 e. The van der Waals surface area contributed by atoms with Gasteiger partial charge in [-0.2, -0.15) is 0 Å². The van der Waals surface area contributed by atoms with E-state index in [4.69, 9.17) is 4.74 Å². The lowest BCUT2D eigenvalue weighted by atomic mass is 10.0. The van der Waals surface area contributed by atoms with E-state index in [2.05, 4.69) is 9.71 Å². The normalized spacial score (nSPS) is 11.6. The highest BCUT2D eigenvalue weighted by atomic mass is 32.2. The molecule has 4 aromatic rings. The summed E-state index contributed by atoms with van der Waals surface area (Å²) in [5, 5.41) is 1.94. The number of ether oxygens (including phenoxy) is 1. The van der Waals surface area contributed by atoms with E-state index in [0.29, 0.717) is 22.7 Å². The third kappa shape index (κ3) is 5.19. The van der Waals surface area contributed by atoms with Crippen LogP contribution < -0.4 is 20.7 Å². The van der Waals surface area contributed by atoms with Gasteiger partial charge in [0.1, 0.15) is 5.75 Å². The zero-order valence-corrected chi connectivity index (χ0v) is 19.9. The van der Waals surface area contributed by atoms with Crippen LogP contribution in [0.25, 0.3) is 28.3 Å². The molecule has 0 unspecified atom stereocenters. The average molecular weight is 496 g/mol. The van der Waals surface area contributed by atoms with Gasteiger partial charge in [-0.1, -0.05) is 30.4 Å². The summed E-state index contributed by atoms with van der Waals surface area (Å²) in [5.74, 6) is 0.596. The number of nitrogens with zero attached hydrogens (tertiary/aromatic N) is 1. The van der Waals surface area contributed by atoms with Gasteiger partial charge in [0.25, 0.3) is 5.56 Å². The maximum absolute atomic E-state index is 12.5. The third-order valence-electron chi connectivity index (χ3n) is 4.88. The number of anilines is 1. The number of thiophene rings is 1. The lowest BCUT2D eigenvalue weighted by Crippen LogP contribution is -2.32. The Morgan fingerprint density at radius 2 is 1.82 bits per heavy atom. The van der Waals surface area contributed by atoms with Gasteiger partial charge in [-0.15, -0.1) is 11.3 Å². The van der Waals surface area contributed by atoms with E-state index in [0.717, 1.165) is 26.8 Å². The van der Waals surface area contributed by atoms with E-state index in [-0.39, 0.29) is 0 Å². The van der Waals surface area contributed by atoms with E-state index in [9.17, 15) is 18.0 Å². The molecule has 0 spiro atoms. The van der Waals surface area contributed by atoms with Crippen LogP contribution >= 0.6 is 11.3 Å². The molecule has 0 fully saturated rings. The van der Waals surface area contributed by atoms with Gasteiger partial charge in [0.2, 0.25) is 10.0 Å². The van der Waals surface area contributed by atoms with Crippen molar-refractivity contribution in [1.29, 1.82) is 0 Å². The Morgan fingerprint density at radius 3 is 2.44 bits per heavy atom. The maximum Gasteiger partial charge on any atom is 0.332 e. The zero-order valence-electron chi connectivity index (χ0n) is 18.3. The van der Waals surface area contributed by atoms with Gasteiger partial charge in [-0.05, 0) is 41.3 Å². The minimum atomic E-state index is -3.36. The maximum atomic E-state index is 12.5. The number of benzene rings is 2. The van der Waals surface area contributed by atoms with Crippen molar-refractivity contribution in [2.45, 2.75) is 0 Å². The largest absolute Gasteiger partial charge is 0.495 e. The van der Waals surface area contributed by atoms with Crippen LogP contribution in [0.5, 0.6) is 5.75 Å². The zero-order chi connectivity index (χ0) is 24.3. The van der Waals surface area contributed by atoms with Gasteiger partial charge >= 0.3 is 5.69 Å². The SMILES string of the molecule is COc1c(/C=C/c2ccc(NS(C)(=O)=O)cc2)cc(-n2c(=O)cc[nH]c2=O)cc1-c1cccs1. The highest BCUT2D eigenvalue weighted by Crippen LogP contribution is 2.38. The number of nitrogens with one attached hydrogen (secondary N) is 2. The summed E-state index contributed by atoms with van der Waals surface area (Å²) < 4.78 is 32.0. The van der Waals surface area contributed by atoms with Gasteiger partial charge in [-0.3, -0.25) is 9.52 Å². The molecule has 34 heavy (non-hydrogen) atoms. The molecule has 10 heteroatoms. The second-order valence-corrected chi connectivity index (χ2v) is 10.1. The fraction of sp³-hybridized carbons (Fsp3) is 0.0833. The molecule has 0 saturated heterocycles. The van der Waals surface area contributed by atoms with Crippen molar-refractivity contribution in [1.82, 2.24) is 9.55 Å². The molecule has 0 atom stereocenters. The summed E-state index contributed by atoms with van der Waals surface area (Å²) in [6.45, 7) is 0. The Bertz CT molecular complexity index is 1540. The van der Waals surface area contributed by atoms with Crippen molar-refractivity contribution < 1.29 is 13.2 Å². The van der Waals surface area contributed by atoms with Crippen LogP contribution in [0.2, 0.25) is 0 Å². The van der Waals surface area contributed by atoms with E-state index in [1.807, 2.05) is 29.7 Å². The van der Waals surface area contributed by atoms with Crippen LogP contribution in [-0.4, -0.2) is 31.3 Å². The van der Waals surface area contributed by atoms with Crippen molar-refractivity contribution in [3.63, 3.8) is 0 Å². The first-order valence-corrected chi connectivity index (χ1v) is 12.9. The quantitative estimate of drug-likeness (QED) is 0.379. The monoisotopic (exact) mass is 495 g/mol. The fourth-order valence-corrected chi connectivity index (χ4v) is 4.76. The molecule has 0 aliphatic heterocycles. The van der Waals surface area contributed by atoms with E-state index >= 15 is 0 Å². The summed E-state index contributed by atoms with van der Waals surface area (Å²) in [6.07, 6.45) is 6.06. The van der Waals surface area contributed by atoms with Crippen LogP contribution in [-0.2, 0) is 10.0 Å². The van der Waals surface area contributed by atoms with E-state index in [1.165, 1.54) is 23.6 Å². The molecule has 0 bridgehead atoms. The van der Waals surface area contributed by atoms with Crippen LogP contribution in [0.3, 0.4) is 0 Å². The van der Waals surface area contributed by atoms with Gasteiger partial charge in [0, 0.05) is 34.0 Å². The highest BCUT2D eigenvalue weighted by molar-refractivity contribution is 7.92. The number of hydrogen-bond donors (Lipinski definition) is 2. The van der Waals surface area contributed by atoms with Gasteiger partial charge < -0.3 is 9.72 Å². The van der Waals surface area contributed by atoms with Crippen molar-refractivity contribution >= 4 is 39.2 Å². The first kappa shape index (κ1) is 23.3. The topological polar surface area (TPSA) is 110 Å². The summed E-state index contributed by atoms with van der Waals surface area (Å²) in [4.78, 5) is 28.3. The summed E-state index contributed by atoms with van der Waals surface area (Å²) >= 11 is 1.51. The van der Waals surface area contributed by atoms with Gasteiger partial charge in [0.15, 0.2) is 0 Å². The van der Waals surface area contributed by atoms with Crippen LogP contribution in [0.15, 0.2) is 75.8 Å². The number of methoxy groups -OCH3 is 1.